The van der Waals surface area contributed by atoms with Crippen LogP contribution in [0.1, 0.15) is 20.8 Å². The van der Waals surface area contributed by atoms with Crippen LogP contribution in [0.3, 0.4) is 0 Å². The molecule has 0 aliphatic heterocycles. The molecule has 0 spiro atoms. The Morgan fingerprint density at radius 1 is 1.23 bits per heavy atom. The average Bonchev–Trinajstić information content (AvgIpc) is 2.28. The van der Waals surface area contributed by atoms with Gasteiger partial charge in [-0.3, -0.25) is 0 Å². The standard InChI is InChI=1S/C9H19N3Si/c1-9(2,3)12-7-8(10-11-12)13(4,5)6/h7H,1-6H3. The lowest BCUT2D eigenvalue weighted by molar-refractivity contribution is 0.347. The molecule has 0 saturated carbocycles. The van der Waals surface area contributed by atoms with Crippen molar-refractivity contribution in [1.82, 2.24) is 15.0 Å². The van der Waals surface area contributed by atoms with Crippen molar-refractivity contribution < 1.29 is 0 Å². The van der Waals surface area contributed by atoms with Crippen molar-refractivity contribution in [3.63, 3.8) is 0 Å². The molecule has 1 rings (SSSR count). The summed E-state index contributed by atoms with van der Waals surface area (Å²) in [6.07, 6.45) is 2.09. The molecule has 0 unspecified atom stereocenters. The predicted octanol–water partition coefficient (Wildman–Crippen LogP) is 1.58. The second-order valence-electron chi connectivity index (χ2n) is 5.47. The number of rotatable bonds is 1. The average molecular weight is 197 g/mol. The minimum absolute atomic E-state index is 0.0465. The highest BCUT2D eigenvalue weighted by Crippen LogP contribution is 2.10. The maximum atomic E-state index is 4.23. The van der Waals surface area contributed by atoms with E-state index in [4.69, 9.17) is 0 Å². The number of hydrogen-bond acceptors (Lipinski definition) is 2. The lowest BCUT2D eigenvalue weighted by Crippen LogP contribution is -2.39. The van der Waals surface area contributed by atoms with Crippen molar-refractivity contribution in [2.24, 2.45) is 0 Å². The van der Waals surface area contributed by atoms with E-state index < -0.39 is 8.07 Å². The highest BCUT2D eigenvalue weighted by Gasteiger charge is 2.23. The Labute approximate surface area is 81.2 Å². The summed E-state index contributed by atoms with van der Waals surface area (Å²) in [4.78, 5) is 0. The molecule has 1 aromatic heterocycles. The fourth-order valence-corrected chi connectivity index (χ4v) is 1.79. The third-order valence-corrected chi connectivity index (χ3v) is 3.72. The Hall–Kier alpha value is -0.643. The van der Waals surface area contributed by atoms with E-state index in [0.717, 1.165) is 0 Å². The molecule has 0 amide bonds. The third kappa shape index (κ3) is 2.40. The van der Waals surface area contributed by atoms with Crippen LogP contribution in [0.4, 0.5) is 0 Å². The molecule has 3 nitrogen and oxygen atoms in total. The molecule has 13 heavy (non-hydrogen) atoms. The molecule has 1 aromatic rings. The van der Waals surface area contributed by atoms with Gasteiger partial charge in [-0.25, -0.2) is 4.68 Å². The lowest BCUT2D eigenvalue weighted by Gasteiger charge is -2.18. The van der Waals surface area contributed by atoms with Crippen LogP contribution in [-0.4, -0.2) is 23.1 Å². The SMILES string of the molecule is CC(C)(C)n1cc([Si](C)(C)C)nn1. The van der Waals surface area contributed by atoms with Crippen molar-refractivity contribution in [1.29, 1.82) is 0 Å². The van der Waals surface area contributed by atoms with E-state index in [1.807, 2.05) is 4.68 Å². The van der Waals surface area contributed by atoms with Crippen LogP contribution in [0.15, 0.2) is 6.20 Å². The Kier molecular flexibility index (Phi) is 2.36. The van der Waals surface area contributed by atoms with Crippen LogP contribution < -0.4 is 5.32 Å². The molecule has 4 heteroatoms. The fourth-order valence-electron chi connectivity index (χ4n) is 0.935. The number of hydrogen-bond donors (Lipinski definition) is 0. The van der Waals surface area contributed by atoms with Gasteiger partial charge in [0.2, 0.25) is 0 Å². The molecule has 0 saturated heterocycles. The zero-order valence-corrected chi connectivity index (χ0v) is 10.4. The van der Waals surface area contributed by atoms with E-state index in [-0.39, 0.29) is 5.54 Å². The van der Waals surface area contributed by atoms with Crippen LogP contribution in [0.5, 0.6) is 0 Å². The summed E-state index contributed by atoms with van der Waals surface area (Å²) in [5.41, 5.74) is 0.0465. The largest absolute Gasteiger partial charge is 0.247 e. The maximum Gasteiger partial charge on any atom is 0.106 e. The summed E-state index contributed by atoms with van der Waals surface area (Å²) in [5, 5.41) is 9.57. The van der Waals surface area contributed by atoms with Gasteiger partial charge < -0.3 is 0 Å². The summed E-state index contributed by atoms with van der Waals surface area (Å²) in [6.45, 7) is 13.2. The molecule has 0 radical (unpaired) electrons. The molecule has 0 atom stereocenters. The van der Waals surface area contributed by atoms with Crippen molar-refractivity contribution in [2.45, 2.75) is 46.0 Å². The van der Waals surface area contributed by atoms with Gasteiger partial charge in [0.15, 0.2) is 0 Å². The minimum Gasteiger partial charge on any atom is -0.247 e. The molecule has 0 bridgehead atoms. The second kappa shape index (κ2) is 2.94. The predicted molar refractivity (Wildman–Crippen MR) is 58.0 cm³/mol. The van der Waals surface area contributed by atoms with Crippen LogP contribution in [0, 0.1) is 0 Å². The molecular formula is C9H19N3Si. The lowest BCUT2D eigenvalue weighted by atomic mass is 10.1. The molecule has 0 N–H and O–H groups in total. The van der Waals surface area contributed by atoms with Gasteiger partial charge in [0.05, 0.1) is 10.9 Å². The molecular weight excluding hydrogens is 178 g/mol. The quantitative estimate of drug-likeness (QED) is 0.640. The van der Waals surface area contributed by atoms with Gasteiger partial charge in [-0.2, -0.15) is 0 Å². The van der Waals surface area contributed by atoms with E-state index in [1.165, 1.54) is 5.32 Å². The first-order valence-corrected chi connectivity index (χ1v) is 8.14. The number of aromatic nitrogens is 3. The van der Waals surface area contributed by atoms with Gasteiger partial charge in [0, 0.05) is 6.20 Å². The first-order chi connectivity index (χ1) is 5.71. The summed E-state index contributed by atoms with van der Waals surface area (Å²) in [6, 6.07) is 0. The van der Waals surface area contributed by atoms with Crippen molar-refractivity contribution in [3.05, 3.63) is 6.20 Å². The van der Waals surface area contributed by atoms with Crippen LogP contribution >= 0.6 is 0 Å². The molecule has 74 valence electrons. The monoisotopic (exact) mass is 197 g/mol. The van der Waals surface area contributed by atoms with Gasteiger partial charge in [-0.15, -0.1) is 5.10 Å². The minimum atomic E-state index is -1.29. The van der Waals surface area contributed by atoms with E-state index in [1.54, 1.807) is 0 Å². The van der Waals surface area contributed by atoms with E-state index in [0.29, 0.717) is 0 Å². The Morgan fingerprint density at radius 3 is 2.00 bits per heavy atom. The zero-order chi connectivity index (χ0) is 10.3. The molecule has 0 aromatic carbocycles. The van der Waals surface area contributed by atoms with Crippen molar-refractivity contribution in [2.75, 3.05) is 0 Å². The van der Waals surface area contributed by atoms with Gasteiger partial charge in [-0.05, 0) is 20.8 Å². The van der Waals surface area contributed by atoms with Crippen LogP contribution in [0.25, 0.3) is 0 Å². The van der Waals surface area contributed by atoms with Gasteiger partial charge in [0.25, 0.3) is 0 Å². The summed E-state index contributed by atoms with van der Waals surface area (Å²) >= 11 is 0. The Morgan fingerprint density at radius 2 is 1.77 bits per heavy atom. The highest BCUT2D eigenvalue weighted by atomic mass is 28.3. The maximum absolute atomic E-state index is 4.23. The Bertz CT molecular complexity index is 262. The van der Waals surface area contributed by atoms with Gasteiger partial charge in [-0.1, -0.05) is 24.9 Å². The van der Waals surface area contributed by atoms with Crippen molar-refractivity contribution in [3.8, 4) is 0 Å². The Balaban J connectivity index is 3.01. The highest BCUT2D eigenvalue weighted by molar-refractivity contribution is 6.88. The molecule has 0 aliphatic carbocycles. The topological polar surface area (TPSA) is 30.7 Å². The van der Waals surface area contributed by atoms with E-state index >= 15 is 0 Å². The summed E-state index contributed by atoms with van der Waals surface area (Å²) in [7, 11) is -1.29. The number of nitrogens with zero attached hydrogens (tertiary/aromatic N) is 3. The first-order valence-electron chi connectivity index (χ1n) is 4.64. The van der Waals surface area contributed by atoms with Crippen molar-refractivity contribution >= 4 is 13.4 Å². The summed E-state index contributed by atoms with van der Waals surface area (Å²) in [5.74, 6) is 0. The van der Waals surface area contributed by atoms with E-state index in [9.17, 15) is 0 Å². The van der Waals surface area contributed by atoms with Crippen LogP contribution in [0.2, 0.25) is 19.6 Å². The van der Waals surface area contributed by atoms with Crippen LogP contribution in [-0.2, 0) is 5.54 Å². The van der Waals surface area contributed by atoms with Gasteiger partial charge in [0.1, 0.15) is 8.07 Å². The first kappa shape index (κ1) is 10.4. The smallest absolute Gasteiger partial charge is 0.106 e. The molecule has 0 aliphatic rings. The van der Waals surface area contributed by atoms with E-state index in [2.05, 4.69) is 56.9 Å². The third-order valence-electron chi connectivity index (χ3n) is 1.95. The van der Waals surface area contributed by atoms with Gasteiger partial charge >= 0.3 is 0 Å². The normalized spacial score (nSPS) is 13.4. The summed E-state index contributed by atoms with van der Waals surface area (Å²) < 4.78 is 1.95. The molecule has 1 heterocycles. The second-order valence-corrected chi connectivity index (χ2v) is 10.5. The fraction of sp³-hybridized carbons (Fsp3) is 0.778. The zero-order valence-electron chi connectivity index (χ0n) is 9.42. The molecule has 0 fully saturated rings.